The summed E-state index contributed by atoms with van der Waals surface area (Å²) < 4.78 is 16.9. The van der Waals surface area contributed by atoms with Crippen molar-refractivity contribution in [2.75, 3.05) is 26.9 Å². The van der Waals surface area contributed by atoms with Gasteiger partial charge in [-0.2, -0.15) is 0 Å². The van der Waals surface area contributed by atoms with Crippen molar-refractivity contribution < 1.29 is 24.4 Å². The summed E-state index contributed by atoms with van der Waals surface area (Å²) in [6, 6.07) is 4.70. The van der Waals surface area contributed by atoms with Gasteiger partial charge in [0, 0.05) is 13.7 Å². The van der Waals surface area contributed by atoms with E-state index >= 15 is 0 Å². The van der Waals surface area contributed by atoms with E-state index in [2.05, 4.69) is 13.8 Å². The van der Waals surface area contributed by atoms with E-state index in [4.69, 9.17) is 14.2 Å². The van der Waals surface area contributed by atoms with Crippen molar-refractivity contribution in [2.24, 2.45) is 0 Å². The molecule has 5 nitrogen and oxygen atoms in total. The first kappa shape index (κ1) is 21.5. The highest BCUT2D eigenvalue weighted by Gasteiger charge is 2.22. The molecule has 0 aliphatic carbocycles. The average molecular weight is 352 g/mol. The van der Waals surface area contributed by atoms with Crippen LogP contribution in [0, 0.1) is 0 Å². The lowest BCUT2D eigenvalue weighted by Crippen LogP contribution is -2.31. The van der Waals surface area contributed by atoms with Gasteiger partial charge in [-0.25, -0.2) is 0 Å². The number of hydrogen-bond donors (Lipinski definition) is 2. The highest BCUT2D eigenvalue weighted by molar-refractivity contribution is 5.55. The van der Waals surface area contributed by atoms with E-state index in [-0.39, 0.29) is 22.7 Å². The molecule has 1 aromatic carbocycles. The molecule has 0 radical (unpaired) electrons. The molecule has 0 saturated carbocycles. The number of aromatic hydroxyl groups is 2. The molecule has 5 heteroatoms. The van der Waals surface area contributed by atoms with E-state index in [1.807, 2.05) is 26.0 Å². The largest absolute Gasteiger partial charge is 0.504 e. The zero-order chi connectivity index (χ0) is 18.9. The minimum atomic E-state index is -0.293. The van der Waals surface area contributed by atoms with Crippen LogP contribution in [0.15, 0.2) is 24.3 Å². The molecule has 0 fully saturated rings. The van der Waals surface area contributed by atoms with Crippen LogP contribution in [0.2, 0.25) is 0 Å². The minimum Gasteiger partial charge on any atom is -0.504 e. The summed E-state index contributed by atoms with van der Waals surface area (Å²) in [7, 11) is 1.69. The second-order valence-electron chi connectivity index (χ2n) is 7.32. The van der Waals surface area contributed by atoms with Crippen molar-refractivity contribution in [1.29, 1.82) is 0 Å². The third kappa shape index (κ3) is 8.91. The number of hydrogen-bond acceptors (Lipinski definition) is 5. The first-order valence-electron chi connectivity index (χ1n) is 8.61. The standard InChI is InChI=1S/C20H32O5/c1-19(2,10-13-23-5)25-14-11-20(3,4)24-12-6-7-16-8-9-17(21)18(22)15-16/h6-9,15,21-22H,10-14H2,1-5H3. The van der Waals surface area contributed by atoms with Crippen molar-refractivity contribution in [2.45, 2.75) is 51.7 Å². The van der Waals surface area contributed by atoms with Gasteiger partial charge in [-0.3, -0.25) is 0 Å². The van der Waals surface area contributed by atoms with Gasteiger partial charge in [-0.15, -0.1) is 0 Å². The first-order valence-corrected chi connectivity index (χ1v) is 8.61. The van der Waals surface area contributed by atoms with E-state index in [0.29, 0.717) is 19.8 Å². The Bertz CT molecular complexity index is 549. The van der Waals surface area contributed by atoms with Crippen LogP contribution in [-0.2, 0) is 14.2 Å². The van der Waals surface area contributed by atoms with Crippen LogP contribution in [0.4, 0.5) is 0 Å². The first-order chi connectivity index (χ1) is 11.7. The van der Waals surface area contributed by atoms with Crippen molar-refractivity contribution >= 4 is 6.08 Å². The Kier molecular flexibility index (Phi) is 8.42. The van der Waals surface area contributed by atoms with Gasteiger partial charge in [0.1, 0.15) is 0 Å². The molecule has 0 unspecified atom stereocenters. The average Bonchev–Trinajstić information content (AvgIpc) is 2.52. The summed E-state index contributed by atoms with van der Waals surface area (Å²) in [5, 5.41) is 18.8. The highest BCUT2D eigenvalue weighted by atomic mass is 16.5. The summed E-state index contributed by atoms with van der Waals surface area (Å²) in [5.41, 5.74) is 0.311. The maximum Gasteiger partial charge on any atom is 0.157 e. The maximum absolute atomic E-state index is 9.47. The smallest absolute Gasteiger partial charge is 0.157 e. The molecule has 0 atom stereocenters. The number of phenolic OH excluding ortho intramolecular Hbond substituents is 2. The molecule has 142 valence electrons. The van der Waals surface area contributed by atoms with Crippen LogP contribution in [0.25, 0.3) is 6.08 Å². The lowest BCUT2D eigenvalue weighted by molar-refractivity contribution is -0.0736. The zero-order valence-corrected chi connectivity index (χ0v) is 16.0. The topological polar surface area (TPSA) is 68.2 Å². The Morgan fingerprint density at radius 2 is 1.56 bits per heavy atom. The summed E-state index contributed by atoms with van der Waals surface area (Å²) in [6.07, 6.45) is 5.38. The summed E-state index contributed by atoms with van der Waals surface area (Å²) in [5.74, 6) is -0.250. The van der Waals surface area contributed by atoms with Gasteiger partial charge in [-0.1, -0.05) is 18.2 Å². The van der Waals surface area contributed by atoms with Crippen LogP contribution in [0.5, 0.6) is 11.5 Å². The Balaban J connectivity index is 2.34. The van der Waals surface area contributed by atoms with Crippen LogP contribution in [0.1, 0.15) is 46.1 Å². The van der Waals surface area contributed by atoms with Gasteiger partial charge in [0.15, 0.2) is 11.5 Å². The molecule has 2 N–H and O–H groups in total. The highest BCUT2D eigenvalue weighted by Crippen LogP contribution is 2.25. The van der Waals surface area contributed by atoms with E-state index in [1.165, 1.54) is 12.1 Å². The van der Waals surface area contributed by atoms with Crippen molar-refractivity contribution in [3.8, 4) is 11.5 Å². The summed E-state index contributed by atoms with van der Waals surface area (Å²) in [4.78, 5) is 0. The molecule has 0 amide bonds. The molecular weight excluding hydrogens is 320 g/mol. The quantitative estimate of drug-likeness (QED) is 0.586. The molecule has 0 saturated heterocycles. The fourth-order valence-electron chi connectivity index (χ4n) is 2.17. The lowest BCUT2D eigenvalue weighted by atomic mass is 10.0. The van der Waals surface area contributed by atoms with Crippen LogP contribution in [-0.4, -0.2) is 48.3 Å². The SMILES string of the molecule is COCCC(C)(C)OCCC(C)(C)OCC=Cc1ccc(O)c(O)c1. The number of methoxy groups -OCH3 is 1. The molecule has 0 heterocycles. The predicted molar refractivity (Wildman–Crippen MR) is 100.0 cm³/mol. The van der Waals surface area contributed by atoms with Gasteiger partial charge >= 0.3 is 0 Å². The Hall–Kier alpha value is -1.56. The van der Waals surface area contributed by atoms with Gasteiger partial charge in [0.25, 0.3) is 0 Å². The van der Waals surface area contributed by atoms with E-state index in [9.17, 15) is 10.2 Å². The summed E-state index contributed by atoms with van der Waals surface area (Å²) in [6.45, 7) is 9.98. The zero-order valence-electron chi connectivity index (χ0n) is 16.0. The van der Waals surface area contributed by atoms with Crippen LogP contribution < -0.4 is 0 Å². The van der Waals surface area contributed by atoms with E-state index < -0.39 is 0 Å². The molecule has 25 heavy (non-hydrogen) atoms. The van der Waals surface area contributed by atoms with Gasteiger partial charge in [-0.05, 0) is 58.2 Å². The molecule has 0 aliphatic rings. The Morgan fingerprint density at radius 1 is 0.920 bits per heavy atom. The van der Waals surface area contributed by atoms with Gasteiger partial charge < -0.3 is 24.4 Å². The second-order valence-corrected chi connectivity index (χ2v) is 7.32. The van der Waals surface area contributed by atoms with Crippen molar-refractivity contribution in [3.63, 3.8) is 0 Å². The maximum atomic E-state index is 9.47. The third-order valence-electron chi connectivity index (χ3n) is 3.99. The third-order valence-corrected chi connectivity index (χ3v) is 3.99. The fourth-order valence-corrected chi connectivity index (χ4v) is 2.17. The van der Waals surface area contributed by atoms with Crippen LogP contribution >= 0.6 is 0 Å². The predicted octanol–water partition coefficient (Wildman–Crippen LogP) is 4.13. The monoisotopic (exact) mass is 352 g/mol. The minimum absolute atomic E-state index is 0.122. The fraction of sp³-hybridized carbons (Fsp3) is 0.600. The lowest BCUT2D eigenvalue weighted by Gasteiger charge is -2.29. The molecule has 1 aromatic rings. The second kappa shape index (κ2) is 9.80. The molecule has 0 bridgehead atoms. The number of rotatable bonds is 11. The van der Waals surface area contributed by atoms with Gasteiger partial charge in [0.05, 0.1) is 24.4 Å². The van der Waals surface area contributed by atoms with E-state index in [1.54, 1.807) is 13.2 Å². The number of benzene rings is 1. The molecular formula is C20H32O5. The van der Waals surface area contributed by atoms with Crippen molar-refractivity contribution in [3.05, 3.63) is 29.8 Å². The van der Waals surface area contributed by atoms with Gasteiger partial charge in [0.2, 0.25) is 0 Å². The molecule has 0 aliphatic heterocycles. The Morgan fingerprint density at radius 3 is 2.20 bits per heavy atom. The van der Waals surface area contributed by atoms with E-state index in [0.717, 1.165) is 18.4 Å². The Labute approximate surface area is 151 Å². The normalized spacial score (nSPS) is 12.8. The molecule has 0 aromatic heterocycles. The van der Waals surface area contributed by atoms with Crippen molar-refractivity contribution in [1.82, 2.24) is 0 Å². The van der Waals surface area contributed by atoms with Crippen LogP contribution in [0.3, 0.4) is 0 Å². The molecule has 0 spiro atoms. The number of phenols is 2. The summed E-state index contributed by atoms with van der Waals surface area (Å²) >= 11 is 0. The molecule has 1 rings (SSSR count). The number of ether oxygens (including phenoxy) is 3.